The van der Waals surface area contributed by atoms with Gasteiger partial charge >= 0.3 is 0 Å². The smallest absolute Gasteiger partial charge is 0.174 e. The molecule has 5 atom stereocenters. The number of hydrogen-bond acceptors (Lipinski definition) is 5. The molecule has 2 unspecified atom stereocenters. The number of ether oxygens (including phenoxy) is 2. The Morgan fingerprint density at radius 3 is 2.97 bits per heavy atom. The van der Waals surface area contributed by atoms with Crippen molar-refractivity contribution in [2.24, 2.45) is 5.92 Å². The summed E-state index contributed by atoms with van der Waals surface area (Å²) in [4.78, 5) is 13.0. The Morgan fingerprint density at radius 1 is 1.38 bits per heavy atom. The van der Waals surface area contributed by atoms with Gasteiger partial charge in [0.25, 0.3) is 0 Å². The van der Waals surface area contributed by atoms with Crippen LogP contribution >= 0.6 is 0 Å². The summed E-state index contributed by atoms with van der Waals surface area (Å²) < 4.78 is 12.5. The number of hydrogen-bond donors (Lipinski definition) is 1. The number of hydroxylamine groups is 3. The lowest BCUT2D eigenvalue weighted by atomic mass is 9.48. The van der Waals surface area contributed by atoms with E-state index in [1.807, 2.05) is 6.07 Å². The average Bonchev–Trinajstić information content (AvgIpc) is 3.43. The average molecular weight is 397 g/mol. The molecule has 29 heavy (non-hydrogen) atoms. The van der Waals surface area contributed by atoms with Crippen LogP contribution in [0.4, 0.5) is 0 Å². The molecule has 0 radical (unpaired) electrons. The molecule has 0 amide bonds. The maximum Gasteiger partial charge on any atom is 0.174 e. The van der Waals surface area contributed by atoms with Gasteiger partial charge in [0.2, 0.25) is 0 Å². The third-order valence-electron chi connectivity index (χ3n) is 8.27. The van der Waals surface area contributed by atoms with Gasteiger partial charge in [-0.05, 0) is 30.9 Å². The maximum atomic E-state index is 14.3. The molecule has 154 valence electrons. The molecule has 3 aliphatic carbocycles. The fourth-order valence-corrected chi connectivity index (χ4v) is 7.01. The minimum Gasteiger partial charge on any atom is -0.632 e. The molecule has 0 aromatic heterocycles. The van der Waals surface area contributed by atoms with E-state index in [-0.39, 0.29) is 22.2 Å². The van der Waals surface area contributed by atoms with Crippen LogP contribution in [0.5, 0.6) is 11.5 Å². The molecule has 6 rings (SSSR count). The van der Waals surface area contributed by atoms with Gasteiger partial charge in [0, 0.05) is 30.7 Å². The minimum absolute atomic E-state index is 0.0538. The number of aromatic hydroxyl groups is 1. The highest BCUT2D eigenvalue weighted by atomic mass is 16.6. The molecule has 5 aliphatic rings. The summed E-state index contributed by atoms with van der Waals surface area (Å²) in [5.41, 5.74) is 0.508. The summed E-state index contributed by atoms with van der Waals surface area (Å²) in [6.45, 7) is 5.28. The highest BCUT2D eigenvalue weighted by Crippen LogP contribution is 2.67. The maximum absolute atomic E-state index is 14.3. The van der Waals surface area contributed by atoms with Crippen LogP contribution in [0.25, 0.3) is 0 Å². The Labute approximate surface area is 170 Å². The molecule has 2 bridgehead atoms. The first kappa shape index (κ1) is 17.9. The highest BCUT2D eigenvalue weighted by Gasteiger charge is 2.77. The van der Waals surface area contributed by atoms with Crippen molar-refractivity contribution in [2.75, 3.05) is 19.7 Å². The Kier molecular flexibility index (Phi) is 3.48. The molecule has 1 saturated heterocycles. The molecule has 1 N–H and O–H groups in total. The second-order valence-electron chi connectivity index (χ2n) is 9.64. The van der Waals surface area contributed by atoms with Gasteiger partial charge in [-0.3, -0.25) is 4.79 Å². The van der Waals surface area contributed by atoms with E-state index in [9.17, 15) is 15.1 Å². The van der Waals surface area contributed by atoms with E-state index >= 15 is 0 Å². The zero-order valence-corrected chi connectivity index (χ0v) is 16.6. The van der Waals surface area contributed by atoms with Crippen molar-refractivity contribution in [2.45, 2.75) is 61.7 Å². The molecule has 1 aromatic carbocycles. The van der Waals surface area contributed by atoms with E-state index in [1.165, 1.54) is 0 Å². The largest absolute Gasteiger partial charge is 0.632 e. The lowest BCUT2D eigenvalue weighted by Gasteiger charge is -2.68. The van der Waals surface area contributed by atoms with Gasteiger partial charge in [0.1, 0.15) is 11.6 Å². The Bertz CT molecular complexity index is 922. The summed E-state index contributed by atoms with van der Waals surface area (Å²) in [5, 5.41) is 24.8. The van der Waals surface area contributed by atoms with E-state index in [4.69, 9.17) is 9.47 Å². The number of piperidine rings is 1. The first-order valence-electron chi connectivity index (χ1n) is 10.8. The molecule has 2 saturated carbocycles. The number of likely N-dealkylation sites (tertiary alicyclic amines) is 1. The zero-order chi connectivity index (χ0) is 20.0. The number of phenolic OH excluding ortho intramolecular Hbond substituents is 1. The summed E-state index contributed by atoms with van der Waals surface area (Å²) in [6, 6.07) is 3.29. The number of quaternary nitrogens is 1. The topological polar surface area (TPSA) is 78.8 Å². The number of Topliss-reactive ketones (excluding diaryl/α,β-unsaturated/α-hetero) is 1. The van der Waals surface area contributed by atoms with Gasteiger partial charge in [-0.1, -0.05) is 12.1 Å². The lowest BCUT2D eigenvalue weighted by Crippen LogP contribution is -2.81. The number of rotatable bonds is 5. The second kappa shape index (κ2) is 5.62. The van der Waals surface area contributed by atoms with Crippen LogP contribution in [-0.2, 0) is 21.4 Å². The summed E-state index contributed by atoms with van der Waals surface area (Å²) in [7, 11) is 0. The molecular weight excluding hydrogens is 370 g/mol. The fraction of sp³-hybridized carbons (Fsp3) is 0.609. The number of nitrogens with zero attached hydrogens (tertiary/aromatic N) is 1. The summed E-state index contributed by atoms with van der Waals surface area (Å²) >= 11 is 0. The monoisotopic (exact) mass is 397 g/mol. The lowest BCUT2D eigenvalue weighted by molar-refractivity contribution is -0.924. The number of ketones is 1. The van der Waals surface area contributed by atoms with Gasteiger partial charge in [-0.25, -0.2) is 0 Å². The van der Waals surface area contributed by atoms with E-state index in [1.54, 1.807) is 12.1 Å². The van der Waals surface area contributed by atoms with E-state index < -0.39 is 17.1 Å². The first-order chi connectivity index (χ1) is 14.0. The number of benzene rings is 1. The van der Waals surface area contributed by atoms with Crippen molar-refractivity contribution < 1.29 is 24.0 Å². The molecule has 3 fully saturated rings. The van der Waals surface area contributed by atoms with Crippen LogP contribution in [-0.4, -0.2) is 53.0 Å². The summed E-state index contributed by atoms with van der Waals surface area (Å²) in [5.74, 6) is 1.07. The number of carbonyl (C=O) groups is 1. The molecule has 6 nitrogen and oxygen atoms in total. The van der Waals surface area contributed by atoms with Crippen LogP contribution < -0.4 is 4.74 Å². The van der Waals surface area contributed by atoms with Gasteiger partial charge in [-0.2, -0.15) is 0 Å². The molecule has 2 aliphatic heterocycles. The van der Waals surface area contributed by atoms with Crippen LogP contribution in [0.3, 0.4) is 0 Å². The van der Waals surface area contributed by atoms with Crippen molar-refractivity contribution in [3.63, 3.8) is 0 Å². The number of carbonyl (C=O) groups excluding carboxylic acids is 1. The van der Waals surface area contributed by atoms with Gasteiger partial charge < -0.3 is 24.4 Å². The predicted molar refractivity (Wildman–Crippen MR) is 106 cm³/mol. The third kappa shape index (κ3) is 2.05. The minimum atomic E-state index is -0.763. The van der Waals surface area contributed by atoms with Gasteiger partial charge in [0.15, 0.2) is 23.4 Å². The zero-order valence-electron chi connectivity index (χ0n) is 16.6. The first-order valence-corrected chi connectivity index (χ1v) is 10.8. The van der Waals surface area contributed by atoms with Crippen LogP contribution in [0.15, 0.2) is 24.8 Å². The fourth-order valence-electron chi connectivity index (χ4n) is 7.01. The predicted octanol–water partition coefficient (Wildman–Crippen LogP) is 2.75. The van der Waals surface area contributed by atoms with Crippen LogP contribution in [0.1, 0.15) is 43.2 Å². The normalized spacial score (nSPS) is 41.6. The molecule has 2 heterocycles. The molecule has 6 heteroatoms. The Balaban J connectivity index is 1.61. The standard InChI is InChI=1S/C23H27NO5/c1-2-11-28-23-8-7-17(26)21-22(23)9-10-24(27,13-14-3-4-14)18(23)12-15-5-6-16(25)20(29-21)19(15)22/h2,5-6,14,18,21,25H,1,3-4,7-13H2/t18-,21+,22+,23?,24?/m1/s1. The Hall–Kier alpha value is -1.89. The van der Waals surface area contributed by atoms with Crippen molar-refractivity contribution in [3.05, 3.63) is 41.1 Å². The summed E-state index contributed by atoms with van der Waals surface area (Å²) in [6.07, 6.45) is 5.35. The molecule has 1 spiro atoms. The van der Waals surface area contributed by atoms with Crippen molar-refractivity contribution >= 4 is 5.78 Å². The van der Waals surface area contributed by atoms with E-state index in [2.05, 4.69) is 6.58 Å². The molecular formula is C23H27NO5. The van der Waals surface area contributed by atoms with Crippen molar-refractivity contribution in [1.29, 1.82) is 0 Å². The van der Waals surface area contributed by atoms with Crippen molar-refractivity contribution in [3.8, 4) is 11.5 Å². The van der Waals surface area contributed by atoms with E-state index in [0.29, 0.717) is 57.0 Å². The van der Waals surface area contributed by atoms with Gasteiger partial charge in [0.05, 0.1) is 25.1 Å². The van der Waals surface area contributed by atoms with Gasteiger partial charge in [-0.15, -0.1) is 6.58 Å². The van der Waals surface area contributed by atoms with E-state index in [0.717, 1.165) is 24.0 Å². The molecule has 1 aromatic rings. The van der Waals surface area contributed by atoms with Crippen LogP contribution in [0, 0.1) is 11.1 Å². The Morgan fingerprint density at radius 2 is 2.21 bits per heavy atom. The second-order valence-corrected chi connectivity index (χ2v) is 9.64. The SMILES string of the molecule is C=CCOC12CCC(=O)[C@@H]3Oc4c(O)ccc5c4[C@@]31CC[N+]([O-])(CC1CC1)[C@@H]2C5. The highest BCUT2D eigenvalue weighted by molar-refractivity contribution is 5.90. The number of phenols is 1. The van der Waals surface area contributed by atoms with Crippen molar-refractivity contribution in [1.82, 2.24) is 0 Å². The van der Waals surface area contributed by atoms with Crippen LogP contribution in [0.2, 0.25) is 0 Å². The third-order valence-corrected chi connectivity index (χ3v) is 8.27. The quantitative estimate of drug-likeness (QED) is 0.470.